The number of aryl methyl sites for hydroxylation is 1. The number of nitrogens with zero attached hydrogens (tertiary/aromatic N) is 2. The summed E-state index contributed by atoms with van der Waals surface area (Å²) in [6, 6.07) is 11.1. The predicted molar refractivity (Wildman–Crippen MR) is 101 cm³/mol. The Morgan fingerprint density at radius 2 is 1.66 bits per heavy atom. The summed E-state index contributed by atoms with van der Waals surface area (Å²) in [5.74, 6) is -0.820. The second-order valence-corrected chi connectivity index (χ2v) is 7.93. The lowest BCUT2D eigenvalue weighted by Crippen LogP contribution is -2.17. The molecule has 0 saturated heterocycles. The summed E-state index contributed by atoms with van der Waals surface area (Å²) in [6.07, 6.45) is -3.50. The maximum Gasteiger partial charge on any atom is 0.573 e. The average molecular weight is 444 g/mol. The number of hydrogen-bond acceptors (Lipinski definition) is 5. The Kier molecular flexibility index (Phi) is 5.67. The average Bonchev–Trinajstić information content (AvgIpc) is 2.62. The third-order valence-corrected chi connectivity index (χ3v) is 5.33. The van der Waals surface area contributed by atoms with Gasteiger partial charge in [0.1, 0.15) is 10.9 Å². The third kappa shape index (κ3) is 5.36. The van der Waals surface area contributed by atoms with Gasteiger partial charge in [0.25, 0.3) is 10.0 Å². The van der Waals surface area contributed by atoms with E-state index in [1.807, 2.05) is 31.2 Å². The molecule has 0 radical (unpaired) electrons. The van der Waals surface area contributed by atoms with Crippen LogP contribution < -0.4 is 9.46 Å². The van der Waals surface area contributed by atoms with E-state index < -0.39 is 22.1 Å². The highest BCUT2D eigenvalue weighted by atomic mass is 35.5. The van der Waals surface area contributed by atoms with Gasteiger partial charge in [0.05, 0.1) is 4.90 Å². The van der Waals surface area contributed by atoms with E-state index in [9.17, 15) is 21.6 Å². The van der Waals surface area contributed by atoms with Crippen LogP contribution in [0, 0.1) is 6.92 Å². The fourth-order valence-electron chi connectivity index (χ4n) is 2.34. The lowest BCUT2D eigenvalue weighted by Gasteiger charge is -2.11. The zero-order valence-electron chi connectivity index (χ0n) is 14.7. The van der Waals surface area contributed by atoms with Gasteiger partial charge in [0, 0.05) is 11.8 Å². The molecule has 0 aliphatic carbocycles. The van der Waals surface area contributed by atoms with Gasteiger partial charge >= 0.3 is 6.36 Å². The number of nitrogens with one attached hydrogen (secondary N) is 1. The number of anilines is 1. The standard InChI is InChI=1S/C18H13ClF3N3O3S/c1-11-2-4-12(5-3-11)15-10-23-17(24-16(15)19)25-29(26,27)14-8-6-13(7-9-14)28-18(20,21)22/h2-10H,1H3,(H,23,24,25). The molecule has 0 atom stereocenters. The maximum atomic E-state index is 12.4. The number of halogens is 4. The lowest BCUT2D eigenvalue weighted by molar-refractivity contribution is -0.274. The van der Waals surface area contributed by atoms with Crippen LogP contribution in [0.25, 0.3) is 11.1 Å². The van der Waals surface area contributed by atoms with Crippen molar-refractivity contribution in [3.63, 3.8) is 0 Å². The summed E-state index contributed by atoms with van der Waals surface area (Å²) >= 11 is 6.15. The molecule has 152 valence electrons. The Hall–Kier alpha value is -2.85. The summed E-state index contributed by atoms with van der Waals surface area (Å²) in [5, 5.41) is 0.0375. The Morgan fingerprint density at radius 3 is 2.21 bits per heavy atom. The van der Waals surface area contributed by atoms with E-state index >= 15 is 0 Å². The van der Waals surface area contributed by atoms with Crippen LogP contribution in [0.2, 0.25) is 5.15 Å². The third-order valence-electron chi connectivity index (χ3n) is 3.70. The summed E-state index contributed by atoms with van der Waals surface area (Å²) in [7, 11) is -4.14. The Labute approximate surface area is 169 Å². The minimum absolute atomic E-state index is 0.0375. The van der Waals surface area contributed by atoms with Gasteiger partial charge in [0.15, 0.2) is 0 Å². The van der Waals surface area contributed by atoms with Crippen LogP contribution >= 0.6 is 11.6 Å². The van der Waals surface area contributed by atoms with E-state index in [-0.39, 0.29) is 16.0 Å². The molecular weight excluding hydrogens is 431 g/mol. The molecule has 11 heteroatoms. The molecule has 1 heterocycles. The second kappa shape index (κ2) is 7.88. The van der Waals surface area contributed by atoms with E-state index in [0.717, 1.165) is 35.4 Å². The second-order valence-electron chi connectivity index (χ2n) is 5.89. The highest BCUT2D eigenvalue weighted by Gasteiger charge is 2.31. The minimum Gasteiger partial charge on any atom is -0.406 e. The molecule has 0 spiro atoms. The van der Waals surface area contributed by atoms with Crippen LogP contribution in [0.4, 0.5) is 19.1 Å². The number of aromatic nitrogens is 2. The number of hydrogen-bond donors (Lipinski definition) is 1. The zero-order chi connectivity index (χ0) is 21.2. The Bertz CT molecular complexity index is 1120. The van der Waals surface area contributed by atoms with Crippen LogP contribution in [-0.2, 0) is 10.0 Å². The lowest BCUT2D eigenvalue weighted by atomic mass is 10.1. The van der Waals surface area contributed by atoms with E-state index in [2.05, 4.69) is 19.4 Å². The molecule has 2 aromatic carbocycles. The summed E-state index contributed by atoms with van der Waals surface area (Å²) < 4.78 is 67.2. The van der Waals surface area contributed by atoms with Gasteiger partial charge in [-0.1, -0.05) is 41.4 Å². The van der Waals surface area contributed by atoms with Crippen molar-refractivity contribution in [3.8, 4) is 16.9 Å². The highest BCUT2D eigenvalue weighted by Crippen LogP contribution is 2.28. The first-order valence-corrected chi connectivity index (χ1v) is 9.88. The number of sulfonamides is 1. The molecule has 29 heavy (non-hydrogen) atoms. The van der Waals surface area contributed by atoms with E-state index in [0.29, 0.717) is 5.56 Å². The molecule has 0 bridgehead atoms. The molecule has 3 aromatic rings. The number of alkyl halides is 3. The molecule has 0 fully saturated rings. The fraction of sp³-hybridized carbons (Fsp3) is 0.111. The smallest absolute Gasteiger partial charge is 0.406 e. The molecule has 0 amide bonds. The van der Waals surface area contributed by atoms with Crippen LogP contribution in [-0.4, -0.2) is 24.7 Å². The quantitative estimate of drug-likeness (QED) is 0.572. The van der Waals surface area contributed by atoms with Crippen molar-refractivity contribution in [2.45, 2.75) is 18.2 Å². The van der Waals surface area contributed by atoms with Crippen molar-refractivity contribution in [3.05, 3.63) is 65.4 Å². The number of benzene rings is 2. The van der Waals surface area contributed by atoms with Gasteiger partial charge in [0.2, 0.25) is 5.95 Å². The SMILES string of the molecule is Cc1ccc(-c2cnc(NS(=O)(=O)c3ccc(OC(F)(F)F)cc3)nc2Cl)cc1. The minimum atomic E-state index is -4.87. The van der Waals surface area contributed by atoms with Gasteiger partial charge in [-0.05, 0) is 36.8 Å². The topological polar surface area (TPSA) is 81.2 Å². The molecule has 1 aromatic heterocycles. The van der Waals surface area contributed by atoms with Crippen molar-refractivity contribution < 1.29 is 26.3 Å². The summed E-state index contributed by atoms with van der Waals surface area (Å²) in [4.78, 5) is 7.60. The summed E-state index contributed by atoms with van der Waals surface area (Å²) in [6.45, 7) is 1.93. The molecule has 0 saturated carbocycles. The van der Waals surface area contributed by atoms with E-state index in [1.54, 1.807) is 0 Å². The molecule has 0 unspecified atom stereocenters. The van der Waals surface area contributed by atoms with Crippen molar-refractivity contribution in [2.75, 3.05) is 4.72 Å². The monoisotopic (exact) mass is 443 g/mol. The first-order chi connectivity index (χ1) is 13.5. The number of ether oxygens (including phenoxy) is 1. The van der Waals surface area contributed by atoms with Gasteiger partial charge in [-0.25, -0.2) is 18.1 Å². The van der Waals surface area contributed by atoms with Crippen LogP contribution in [0.15, 0.2) is 59.6 Å². The van der Waals surface area contributed by atoms with Gasteiger partial charge in [-0.15, -0.1) is 13.2 Å². The molecule has 6 nitrogen and oxygen atoms in total. The summed E-state index contributed by atoms with van der Waals surface area (Å²) in [5.41, 5.74) is 2.33. The van der Waals surface area contributed by atoms with Gasteiger partial charge in [-0.3, -0.25) is 0 Å². The zero-order valence-corrected chi connectivity index (χ0v) is 16.3. The van der Waals surface area contributed by atoms with Crippen LogP contribution in [0.1, 0.15) is 5.56 Å². The molecular formula is C18H13ClF3N3O3S. The van der Waals surface area contributed by atoms with Gasteiger partial charge < -0.3 is 4.74 Å². The fourth-order valence-corrected chi connectivity index (χ4v) is 3.53. The molecule has 3 rings (SSSR count). The van der Waals surface area contributed by atoms with Crippen molar-refractivity contribution in [1.82, 2.24) is 9.97 Å². The van der Waals surface area contributed by atoms with E-state index in [4.69, 9.17) is 11.6 Å². The largest absolute Gasteiger partial charge is 0.573 e. The van der Waals surface area contributed by atoms with Crippen LogP contribution in [0.3, 0.4) is 0 Å². The van der Waals surface area contributed by atoms with Gasteiger partial charge in [-0.2, -0.15) is 4.98 Å². The maximum absolute atomic E-state index is 12.4. The first kappa shape index (κ1) is 20.9. The van der Waals surface area contributed by atoms with Crippen molar-refractivity contribution in [2.24, 2.45) is 0 Å². The Balaban J connectivity index is 1.80. The van der Waals surface area contributed by atoms with Crippen molar-refractivity contribution >= 4 is 27.6 Å². The molecule has 0 aliphatic heterocycles. The predicted octanol–water partition coefficient (Wildman–Crippen LogP) is 4.80. The Morgan fingerprint density at radius 1 is 1.03 bits per heavy atom. The van der Waals surface area contributed by atoms with Crippen molar-refractivity contribution in [1.29, 1.82) is 0 Å². The first-order valence-electron chi connectivity index (χ1n) is 8.02. The number of rotatable bonds is 5. The van der Waals surface area contributed by atoms with E-state index in [1.165, 1.54) is 6.20 Å². The normalized spacial score (nSPS) is 11.9. The molecule has 1 N–H and O–H groups in total. The van der Waals surface area contributed by atoms with Crippen LogP contribution in [0.5, 0.6) is 5.75 Å². The highest BCUT2D eigenvalue weighted by molar-refractivity contribution is 7.92. The molecule has 0 aliphatic rings.